The van der Waals surface area contributed by atoms with Crippen LogP contribution < -0.4 is 15.7 Å². The number of hydrogen-bond donors (Lipinski definition) is 2. The van der Waals surface area contributed by atoms with E-state index in [1.54, 1.807) is 32.8 Å². The number of nitrogen functional groups attached to an aromatic ring is 1. The van der Waals surface area contributed by atoms with Crippen LogP contribution in [0.5, 0.6) is 0 Å². The second-order valence-electron chi connectivity index (χ2n) is 9.35. The Kier molecular flexibility index (Phi) is 5.02. The quantitative estimate of drug-likeness (QED) is 0.435. The third kappa shape index (κ3) is 3.16. The minimum Gasteiger partial charge on any atom is -0.462 e. The van der Waals surface area contributed by atoms with Crippen LogP contribution >= 0.6 is 7.75 Å². The van der Waals surface area contributed by atoms with Gasteiger partial charge in [-0.25, -0.2) is 19.0 Å². The number of aromatic nitrogens is 4. The second-order valence-corrected chi connectivity index (χ2v) is 11.0. The average Bonchev–Trinajstić information content (AvgIpc) is 3.00. The second kappa shape index (κ2) is 7.31. The minimum absolute atomic E-state index is 0.00544. The van der Waals surface area contributed by atoms with Crippen molar-refractivity contribution in [3.05, 3.63) is 6.33 Å². The maximum Gasteiger partial charge on any atom is 0.407 e. The zero-order chi connectivity index (χ0) is 24.8. The number of rotatable bonds is 6. The maximum atomic E-state index is 16.4. The molecule has 13 nitrogen and oxygen atoms in total. The molecule has 1 spiro atoms. The molecule has 3 aliphatic rings. The van der Waals surface area contributed by atoms with Crippen molar-refractivity contribution in [2.75, 3.05) is 24.7 Å². The molecule has 3 N–H and O–H groups in total. The summed E-state index contributed by atoms with van der Waals surface area (Å²) in [6, 6.07) is -0.994. The summed E-state index contributed by atoms with van der Waals surface area (Å²) in [5.74, 6) is -0.166. The third-order valence-electron chi connectivity index (χ3n) is 6.19. The van der Waals surface area contributed by atoms with Crippen LogP contribution in [0.4, 0.5) is 16.2 Å². The molecule has 5 rings (SSSR count). The lowest BCUT2D eigenvalue weighted by Gasteiger charge is -2.30. The molecule has 34 heavy (non-hydrogen) atoms. The Morgan fingerprint density at radius 3 is 2.71 bits per heavy atom. The van der Waals surface area contributed by atoms with Gasteiger partial charge < -0.3 is 20.1 Å². The van der Waals surface area contributed by atoms with Crippen LogP contribution in [0.2, 0.25) is 0 Å². The molecule has 1 saturated carbocycles. The molecule has 0 amide bonds. The van der Waals surface area contributed by atoms with E-state index in [4.69, 9.17) is 24.3 Å². The molecule has 0 aromatic carbocycles. The summed E-state index contributed by atoms with van der Waals surface area (Å²) in [4.78, 5) is 26.6. The van der Waals surface area contributed by atoms with E-state index in [1.807, 2.05) is 0 Å². The number of carbonyl (C=O) groups excluding carboxylic acids is 1. The molecule has 186 valence electrons. The van der Waals surface area contributed by atoms with Crippen LogP contribution in [0.25, 0.3) is 11.2 Å². The molecule has 15 heteroatoms. The highest BCUT2D eigenvalue weighted by atomic mass is 31.2. The number of halogens is 1. The molecule has 0 radical (unpaired) electrons. The predicted molar refractivity (Wildman–Crippen MR) is 118 cm³/mol. The lowest BCUT2D eigenvalue weighted by Crippen LogP contribution is -2.44. The molecule has 2 aromatic rings. The van der Waals surface area contributed by atoms with Crippen LogP contribution in [0, 0.1) is 0 Å². The monoisotopic (exact) mass is 499 g/mol. The normalized spacial score (nSPS) is 37.0. The average molecular weight is 499 g/mol. The van der Waals surface area contributed by atoms with Crippen LogP contribution in [0.15, 0.2) is 6.33 Å². The largest absolute Gasteiger partial charge is 0.462 e. The van der Waals surface area contributed by atoms with Crippen molar-refractivity contribution in [3.63, 3.8) is 0 Å². The zero-order valence-electron chi connectivity index (χ0n) is 19.6. The number of alkyl halides is 1. The molecule has 4 heterocycles. The summed E-state index contributed by atoms with van der Waals surface area (Å²) in [6.45, 7) is 6.13. The Morgan fingerprint density at radius 1 is 1.35 bits per heavy atom. The lowest BCUT2D eigenvalue weighted by molar-refractivity contribution is -0.149. The number of fused-ring (bicyclic) bond motifs is 2. The van der Waals surface area contributed by atoms with E-state index in [0.29, 0.717) is 11.3 Å². The van der Waals surface area contributed by atoms with E-state index >= 15 is 4.39 Å². The zero-order valence-corrected chi connectivity index (χ0v) is 20.4. The number of imidazole rings is 1. The molecule has 2 aromatic heterocycles. The number of nitrogens with two attached hydrogens (primary N) is 1. The smallest absolute Gasteiger partial charge is 0.407 e. The fourth-order valence-corrected chi connectivity index (χ4v) is 6.69. The summed E-state index contributed by atoms with van der Waals surface area (Å²) in [5, 5.41) is 2.53. The fourth-order valence-electron chi connectivity index (χ4n) is 4.60. The molecule has 2 saturated heterocycles. The van der Waals surface area contributed by atoms with Gasteiger partial charge in [-0.3, -0.25) is 18.4 Å². The number of nitrogens with one attached hydrogen (secondary N) is 1. The standard InChI is InChI=1S/C19H27FN7O6P/c1-8(2)30-15(28)9(3)25-34(29)32-12-11-19(12,33-34)18(4,20)16(31-11)27-7-22-10-13(26(5)6)23-17(21)24-14(10)27/h7-9,11-12,16H,1-6H3,(H,25,29)(H2,21,23,24)/t9-,11+,12?,16+,18-,19-,34-/m0/s1. The molecule has 1 aliphatic carbocycles. The van der Waals surface area contributed by atoms with E-state index in [-0.39, 0.29) is 17.7 Å². The third-order valence-corrected chi connectivity index (χ3v) is 7.94. The minimum atomic E-state index is -4.02. The molecule has 7 atom stereocenters. The summed E-state index contributed by atoms with van der Waals surface area (Å²) < 4.78 is 53.3. The molecule has 1 unspecified atom stereocenters. The fraction of sp³-hybridized carbons (Fsp3) is 0.684. The van der Waals surface area contributed by atoms with Gasteiger partial charge in [-0.05, 0) is 27.7 Å². The number of ether oxygens (including phenoxy) is 2. The van der Waals surface area contributed by atoms with Gasteiger partial charge in [0.2, 0.25) is 5.95 Å². The van der Waals surface area contributed by atoms with Gasteiger partial charge in [0.15, 0.2) is 34.5 Å². The Morgan fingerprint density at radius 2 is 2.06 bits per heavy atom. The molecule has 0 bridgehead atoms. The maximum absolute atomic E-state index is 16.4. The molecular weight excluding hydrogens is 472 g/mol. The predicted octanol–water partition coefficient (Wildman–Crippen LogP) is 1.31. The Hall–Kier alpha value is -2.38. The highest BCUT2D eigenvalue weighted by molar-refractivity contribution is 7.52. The van der Waals surface area contributed by atoms with Gasteiger partial charge in [-0.15, -0.1) is 0 Å². The van der Waals surface area contributed by atoms with Gasteiger partial charge in [0.05, 0.1) is 12.4 Å². The Bertz CT molecular complexity index is 1220. The summed E-state index contributed by atoms with van der Waals surface area (Å²) in [5.41, 5.74) is 2.75. The van der Waals surface area contributed by atoms with E-state index in [1.165, 1.54) is 24.7 Å². The molecular formula is C19H27FN7O6P. The van der Waals surface area contributed by atoms with Crippen molar-refractivity contribution in [2.45, 2.75) is 69.5 Å². The van der Waals surface area contributed by atoms with Crippen LogP contribution in [0.1, 0.15) is 33.9 Å². The lowest BCUT2D eigenvalue weighted by atomic mass is 9.97. The summed E-state index contributed by atoms with van der Waals surface area (Å²) in [7, 11) is -0.469. The van der Waals surface area contributed by atoms with Gasteiger partial charge in [-0.1, -0.05) is 0 Å². The van der Waals surface area contributed by atoms with Crippen molar-refractivity contribution >= 4 is 36.6 Å². The first-order valence-electron chi connectivity index (χ1n) is 10.8. The first kappa shape index (κ1) is 23.4. The van der Waals surface area contributed by atoms with E-state index in [0.717, 1.165) is 0 Å². The van der Waals surface area contributed by atoms with Gasteiger partial charge in [-0.2, -0.15) is 9.97 Å². The van der Waals surface area contributed by atoms with Crippen molar-refractivity contribution in [3.8, 4) is 0 Å². The van der Waals surface area contributed by atoms with Crippen molar-refractivity contribution in [1.29, 1.82) is 0 Å². The number of carbonyl (C=O) groups is 1. The Labute approximate surface area is 194 Å². The van der Waals surface area contributed by atoms with Crippen LogP contribution in [-0.2, 0) is 27.9 Å². The van der Waals surface area contributed by atoms with E-state index in [2.05, 4.69) is 20.0 Å². The number of hydrogen-bond acceptors (Lipinski definition) is 11. The summed E-state index contributed by atoms with van der Waals surface area (Å²) >= 11 is 0. The highest BCUT2D eigenvalue weighted by Gasteiger charge is 2.91. The van der Waals surface area contributed by atoms with Crippen molar-refractivity contribution in [2.24, 2.45) is 0 Å². The Balaban J connectivity index is 1.42. The van der Waals surface area contributed by atoms with Crippen LogP contribution in [-0.4, -0.2) is 75.2 Å². The molecule has 2 aliphatic heterocycles. The first-order chi connectivity index (χ1) is 15.8. The van der Waals surface area contributed by atoms with E-state index in [9.17, 15) is 9.36 Å². The summed E-state index contributed by atoms with van der Waals surface area (Å²) in [6.07, 6.45) is -1.88. The topological polar surface area (TPSA) is 156 Å². The number of esters is 1. The van der Waals surface area contributed by atoms with Gasteiger partial charge in [0, 0.05) is 14.1 Å². The highest BCUT2D eigenvalue weighted by Crippen LogP contribution is 2.77. The molecule has 3 fully saturated rings. The van der Waals surface area contributed by atoms with Gasteiger partial charge in [0.25, 0.3) is 0 Å². The number of anilines is 2. The van der Waals surface area contributed by atoms with E-state index < -0.39 is 49.5 Å². The van der Waals surface area contributed by atoms with Crippen molar-refractivity contribution in [1.82, 2.24) is 24.6 Å². The SMILES string of the molecule is CC(C)OC(=O)[C@H](C)N[P@]1(=O)OC2[C@H]3O[C@@H](n4cnc5c(N(C)C)nc(N)nc54)[C@](C)(F)[C@@]23O1. The number of nitrogens with zero attached hydrogens (tertiary/aromatic N) is 5. The van der Waals surface area contributed by atoms with Crippen LogP contribution in [0.3, 0.4) is 0 Å². The van der Waals surface area contributed by atoms with Gasteiger partial charge in [0.1, 0.15) is 18.2 Å². The first-order valence-corrected chi connectivity index (χ1v) is 12.3. The van der Waals surface area contributed by atoms with Crippen molar-refractivity contribution < 1.29 is 32.3 Å². The van der Waals surface area contributed by atoms with Gasteiger partial charge >= 0.3 is 13.7 Å².